The van der Waals surface area contributed by atoms with Crippen molar-refractivity contribution in [2.75, 3.05) is 0 Å². The number of carbonyl (C=O) groups is 1. The molecule has 30 heavy (non-hydrogen) atoms. The van der Waals surface area contributed by atoms with E-state index in [0.717, 1.165) is 11.8 Å². The molecular weight excluding hydrogens is 390 g/mol. The molecule has 0 saturated carbocycles. The lowest BCUT2D eigenvalue weighted by Crippen LogP contribution is -2.27. The lowest BCUT2D eigenvalue weighted by atomic mass is 9.87. The molecule has 158 valence electrons. The first-order valence-corrected chi connectivity index (χ1v) is 9.55. The molecule has 1 atom stereocenters. The molecule has 2 aromatic carbocycles. The molecule has 1 heterocycles. The SMILES string of the molecule is Cc1c(F)cc(C(C)NC(=O)c2coc(Oc3ccc(C(C)(C)C)cc3)n2)cc1F. The summed E-state index contributed by atoms with van der Waals surface area (Å²) in [5.41, 5.74) is 1.41. The number of hydrogen-bond acceptors (Lipinski definition) is 4. The molecule has 0 fully saturated rings. The van der Waals surface area contributed by atoms with Gasteiger partial charge in [0.2, 0.25) is 0 Å². The Bertz CT molecular complexity index is 1030. The van der Waals surface area contributed by atoms with E-state index in [-0.39, 0.29) is 22.7 Å². The van der Waals surface area contributed by atoms with Crippen LogP contribution in [0.2, 0.25) is 0 Å². The molecule has 3 aromatic rings. The molecule has 0 aliphatic heterocycles. The molecule has 0 spiro atoms. The average molecular weight is 414 g/mol. The third-order valence-corrected chi connectivity index (χ3v) is 4.79. The number of aromatic nitrogens is 1. The van der Waals surface area contributed by atoms with Crippen molar-refractivity contribution in [1.82, 2.24) is 10.3 Å². The highest BCUT2D eigenvalue weighted by Gasteiger charge is 2.19. The van der Waals surface area contributed by atoms with Crippen LogP contribution in [0.15, 0.2) is 47.1 Å². The summed E-state index contributed by atoms with van der Waals surface area (Å²) >= 11 is 0. The average Bonchev–Trinajstić information content (AvgIpc) is 3.14. The molecule has 0 bridgehead atoms. The van der Waals surface area contributed by atoms with Crippen molar-refractivity contribution >= 4 is 5.91 Å². The maximum atomic E-state index is 13.8. The number of benzene rings is 2. The maximum absolute atomic E-state index is 13.8. The summed E-state index contributed by atoms with van der Waals surface area (Å²) in [5, 5.41) is 2.64. The standard InChI is InChI=1S/C23H24F2N2O3/c1-13-18(24)10-15(11-19(13)25)14(2)26-21(28)20-12-29-22(27-20)30-17-8-6-16(7-9-17)23(3,4)5/h6-12,14H,1-5H3,(H,26,28). The van der Waals surface area contributed by atoms with Crippen LogP contribution in [0.3, 0.4) is 0 Å². The zero-order chi connectivity index (χ0) is 22.1. The maximum Gasteiger partial charge on any atom is 0.399 e. The summed E-state index contributed by atoms with van der Waals surface area (Å²) in [6, 6.07) is 9.26. The summed E-state index contributed by atoms with van der Waals surface area (Å²) in [6.45, 7) is 9.31. The van der Waals surface area contributed by atoms with Crippen LogP contribution in [-0.2, 0) is 5.41 Å². The minimum Gasteiger partial charge on any atom is -0.416 e. The van der Waals surface area contributed by atoms with Gasteiger partial charge in [-0.15, -0.1) is 0 Å². The van der Waals surface area contributed by atoms with Crippen LogP contribution in [0.4, 0.5) is 8.78 Å². The molecule has 1 aromatic heterocycles. The van der Waals surface area contributed by atoms with Crippen molar-refractivity contribution in [2.45, 2.75) is 46.1 Å². The number of nitrogens with zero attached hydrogens (tertiary/aromatic N) is 1. The summed E-state index contributed by atoms with van der Waals surface area (Å²) in [7, 11) is 0. The smallest absolute Gasteiger partial charge is 0.399 e. The van der Waals surface area contributed by atoms with Crippen molar-refractivity contribution in [3.8, 4) is 11.8 Å². The molecule has 0 saturated heterocycles. The van der Waals surface area contributed by atoms with E-state index in [4.69, 9.17) is 9.15 Å². The summed E-state index contributed by atoms with van der Waals surface area (Å²) < 4.78 is 38.3. The predicted molar refractivity (Wildman–Crippen MR) is 109 cm³/mol. The van der Waals surface area contributed by atoms with Gasteiger partial charge in [0.15, 0.2) is 5.69 Å². The summed E-state index contributed by atoms with van der Waals surface area (Å²) in [4.78, 5) is 16.4. The summed E-state index contributed by atoms with van der Waals surface area (Å²) in [6.07, 6.45) is 1.08. The Balaban J connectivity index is 1.66. The molecule has 1 N–H and O–H groups in total. The second kappa shape index (κ2) is 8.26. The van der Waals surface area contributed by atoms with Crippen molar-refractivity contribution in [1.29, 1.82) is 0 Å². The second-order valence-corrected chi connectivity index (χ2v) is 8.18. The minimum absolute atomic E-state index is 0.00350. The Kier molecular flexibility index (Phi) is 5.92. The van der Waals surface area contributed by atoms with E-state index in [2.05, 4.69) is 31.1 Å². The van der Waals surface area contributed by atoms with E-state index in [1.807, 2.05) is 12.1 Å². The number of oxazole rings is 1. The van der Waals surface area contributed by atoms with Crippen LogP contribution < -0.4 is 10.1 Å². The quantitative estimate of drug-likeness (QED) is 0.569. The van der Waals surface area contributed by atoms with Crippen LogP contribution >= 0.6 is 0 Å². The van der Waals surface area contributed by atoms with E-state index >= 15 is 0 Å². The number of carbonyl (C=O) groups excluding carboxylic acids is 1. The molecule has 1 amide bonds. The molecule has 1 unspecified atom stereocenters. The van der Waals surface area contributed by atoms with Gasteiger partial charge in [0.25, 0.3) is 5.91 Å². The van der Waals surface area contributed by atoms with E-state index in [1.165, 1.54) is 19.1 Å². The van der Waals surface area contributed by atoms with Crippen LogP contribution in [0.25, 0.3) is 0 Å². The van der Waals surface area contributed by atoms with Crippen molar-refractivity contribution < 1.29 is 22.7 Å². The Morgan fingerprint density at radius 1 is 1.13 bits per heavy atom. The van der Waals surface area contributed by atoms with Crippen LogP contribution in [-0.4, -0.2) is 10.9 Å². The minimum atomic E-state index is -0.666. The number of amides is 1. The van der Waals surface area contributed by atoms with E-state index in [1.54, 1.807) is 19.1 Å². The van der Waals surface area contributed by atoms with Gasteiger partial charge in [0, 0.05) is 5.56 Å². The molecule has 0 radical (unpaired) electrons. The number of rotatable bonds is 5. The lowest BCUT2D eigenvalue weighted by Gasteiger charge is -2.18. The number of halogens is 2. The predicted octanol–water partition coefficient (Wildman–Crippen LogP) is 5.84. The number of nitrogens with one attached hydrogen (secondary N) is 1. The highest BCUT2D eigenvalue weighted by molar-refractivity contribution is 5.92. The van der Waals surface area contributed by atoms with Crippen LogP contribution in [0, 0.1) is 18.6 Å². The van der Waals surface area contributed by atoms with Gasteiger partial charge >= 0.3 is 6.08 Å². The lowest BCUT2D eigenvalue weighted by molar-refractivity contribution is 0.0934. The molecule has 0 aliphatic rings. The fourth-order valence-corrected chi connectivity index (χ4v) is 2.80. The highest BCUT2D eigenvalue weighted by Crippen LogP contribution is 2.27. The van der Waals surface area contributed by atoms with Gasteiger partial charge in [-0.05, 0) is 54.7 Å². The van der Waals surface area contributed by atoms with E-state index in [9.17, 15) is 13.6 Å². The molecule has 7 heteroatoms. The largest absolute Gasteiger partial charge is 0.416 e. The third kappa shape index (κ3) is 4.84. The van der Waals surface area contributed by atoms with Crippen LogP contribution in [0.1, 0.15) is 60.9 Å². The highest BCUT2D eigenvalue weighted by atomic mass is 19.1. The van der Waals surface area contributed by atoms with Gasteiger partial charge in [-0.2, -0.15) is 4.98 Å². The topological polar surface area (TPSA) is 64.4 Å². The molecule has 5 nitrogen and oxygen atoms in total. The monoisotopic (exact) mass is 414 g/mol. The van der Waals surface area contributed by atoms with Gasteiger partial charge in [-0.3, -0.25) is 4.79 Å². The first-order chi connectivity index (χ1) is 14.0. The Hall–Kier alpha value is -3.22. The van der Waals surface area contributed by atoms with Gasteiger partial charge in [-0.25, -0.2) is 8.78 Å². The fraction of sp³-hybridized carbons (Fsp3) is 0.304. The molecular formula is C23H24F2N2O3. The Morgan fingerprint density at radius 3 is 2.30 bits per heavy atom. The Morgan fingerprint density at radius 2 is 1.73 bits per heavy atom. The zero-order valence-electron chi connectivity index (χ0n) is 17.5. The summed E-state index contributed by atoms with van der Waals surface area (Å²) in [5.74, 6) is -1.36. The molecule has 3 rings (SSSR count). The van der Waals surface area contributed by atoms with Crippen molar-refractivity contribution in [3.05, 3.63) is 76.7 Å². The second-order valence-electron chi connectivity index (χ2n) is 8.18. The molecule has 0 aliphatic carbocycles. The third-order valence-electron chi connectivity index (χ3n) is 4.79. The van der Waals surface area contributed by atoms with E-state index in [0.29, 0.717) is 11.3 Å². The number of ether oxygens (including phenoxy) is 1. The van der Waals surface area contributed by atoms with Gasteiger partial charge in [0.05, 0.1) is 6.04 Å². The fourth-order valence-electron chi connectivity index (χ4n) is 2.80. The Labute approximate surface area is 174 Å². The number of hydrogen-bond donors (Lipinski definition) is 1. The van der Waals surface area contributed by atoms with Gasteiger partial charge in [0.1, 0.15) is 23.6 Å². The van der Waals surface area contributed by atoms with E-state index < -0.39 is 23.6 Å². The zero-order valence-corrected chi connectivity index (χ0v) is 17.5. The van der Waals surface area contributed by atoms with Crippen LogP contribution in [0.5, 0.6) is 11.8 Å². The van der Waals surface area contributed by atoms with Gasteiger partial charge < -0.3 is 14.5 Å². The first-order valence-electron chi connectivity index (χ1n) is 9.55. The van der Waals surface area contributed by atoms with Crippen molar-refractivity contribution in [2.24, 2.45) is 0 Å². The van der Waals surface area contributed by atoms with Gasteiger partial charge in [-0.1, -0.05) is 32.9 Å². The van der Waals surface area contributed by atoms with Crippen molar-refractivity contribution in [3.63, 3.8) is 0 Å². The normalized spacial score (nSPS) is 12.5. The first kappa shape index (κ1) is 21.5.